The number of Topliss-reactive ketones (excluding diaryl/α,β-unsaturated/α-hetero) is 1. The Balaban J connectivity index is 1.66. The topological polar surface area (TPSA) is 71.2 Å². The number of benzene rings is 2. The minimum absolute atomic E-state index is 0.0163. The van der Waals surface area contributed by atoms with E-state index in [0.717, 1.165) is 25.9 Å². The van der Waals surface area contributed by atoms with E-state index in [-0.39, 0.29) is 40.3 Å². The predicted octanol–water partition coefficient (Wildman–Crippen LogP) is 10.4. The Hall–Kier alpha value is -0.670. The summed E-state index contributed by atoms with van der Waals surface area (Å²) < 4.78 is 10.8. The predicted molar refractivity (Wildman–Crippen MR) is 197 cm³/mol. The number of alkyl halides is 6. The molecule has 258 valence electrons. The van der Waals surface area contributed by atoms with Gasteiger partial charge in [-0.25, -0.2) is 4.39 Å². The lowest BCUT2D eigenvalue weighted by molar-refractivity contribution is -0.112. The molecule has 0 saturated carbocycles. The Bertz CT molecular complexity index is 1400. The Labute approximate surface area is 312 Å². The highest BCUT2D eigenvalue weighted by atomic mass is 35.6. The van der Waals surface area contributed by atoms with E-state index in [9.17, 15) is 9.18 Å². The number of piperidine rings is 2. The van der Waals surface area contributed by atoms with Crippen LogP contribution in [-0.4, -0.2) is 66.3 Å². The van der Waals surface area contributed by atoms with Crippen LogP contribution in [0.15, 0.2) is 36.4 Å². The first-order valence-electron chi connectivity index (χ1n) is 15.9. The van der Waals surface area contributed by atoms with Crippen LogP contribution < -0.4 is 0 Å². The first-order chi connectivity index (χ1) is 22.1. The van der Waals surface area contributed by atoms with Crippen LogP contribution >= 0.6 is 81.2 Å². The third-order valence-electron chi connectivity index (χ3n) is 9.63. The summed E-state index contributed by atoms with van der Waals surface area (Å²) in [5, 5.41) is 17.0. The Kier molecular flexibility index (Phi) is 14.2. The van der Waals surface area contributed by atoms with E-state index in [2.05, 4.69) is 9.80 Å². The maximum Gasteiger partial charge on any atom is 0.216 e. The highest BCUT2D eigenvalue weighted by molar-refractivity contribution is 6.69. The Morgan fingerprint density at radius 3 is 2.17 bits per heavy atom. The minimum atomic E-state index is -1.94. The molecule has 13 heteroatoms. The molecule has 0 radical (unpaired) electrons. The number of likely N-dealkylation sites (tertiary alicyclic amines) is 2. The normalized spacial score (nSPS) is 18.6. The van der Waals surface area contributed by atoms with Gasteiger partial charge in [0.15, 0.2) is 5.78 Å². The molecule has 0 aliphatic carbocycles. The van der Waals surface area contributed by atoms with E-state index in [4.69, 9.17) is 92.0 Å². The molecule has 2 saturated heterocycles. The number of hydrogen-bond acceptors (Lipinski definition) is 5. The van der Waals surface area contributed by atoms with Crippen molar-refractivity contribution in [2.75, 3.05) is 32.7 Å². The second kappa shape index (κ2) is 17.0. The van der Waals surface area contributed by atoms with Gasteiger partial charge in [-0.2, -0.15) is 0 Å². The summed E-state index contributed by atoms with van der Waals surface area (Å²) in [6, 6.07) is 9.89. The number of rotatable bonds is 13. The largest absolute Gasteiger partial charge is 0.313 e. The van der Waals surface area contributed by atoms with E-state index in [1.807, 2.05) is 0 Å². The van der Waals surface area contributed by atoms with Crippen LogP contribution in [0.4, 0.5) is 4.39 Å². The van der Waals surface area contributed by atoms with Crippen molar-refractivity contribution in [2.24, 2.45) is 0 Å². The summed E-state index contributed by atoms with van der Waals surface area (Å²) >= 11 is 44.3. The summed E-state index contributed by atoms with van der Waals surface area (Å²) in [5.74, 6) is -1.14. The van der Waals surface area contributed by atoms with Gasteiger partial charge in [-0.15, -0.1) is 0 Å². The van der Waals surface area contributed by atoms with Crippen molar-refractivity contribution in [3.8, 4) is 0 Å². The molecule has 0 bridgehead atoms. The summed E-state index contributed by atoms with van der Waals surface area (Å²) in [4.78, 5) is 18.5. The van der Waals surface area contributed by atoms with Gasteiger partial charge < -0.3 is 20.6 Å². The average Bonchev–Trinajstić information content (AvgIpc) is 3.03. The van der Waals surface area contributed by atoms with E-state index in [1.54, 1.807) is 18.2 Å². The van der Waals surface area contributed by atoms with Gasteiger partial charge in [-0.05, 0) is 102 Å². The number of halogens is 8. The van der Waals surface area contributed by atoms with Crippen LogP contribution in [0.25, 0.3) is 0 Å². The van der Waals surface area contributed by atoms with E-state index in [1.165, 1.54) is 56.8 Å². The van der Waals surface area contributed by atoms with Gasteiger partial charge in [-0.1, -0.05) is 112 Å². The molecule has 2 heterocycles. The van der Waals surface area contributed by atoms with E-state index >= 15 is 0 Å². The number of nitrogens with one attached hydrogen (secondary N) is 2. The highest BCUT2D eigenvalue weighted by Gasteiger charge is 2.40. The molecule has 2 aromatic carbocycles. The number of carbonyl (C=O) groups excluding carboxylic acids is 1. The number of nitrogens with zero attached hydrogens (tertiary/aromatic N) is 2. The maximum atomic E-state index is 14.6. The van der Waals surface area contributed by atoms with Gasteiger partial charge >= 0.3 is 0 Å². The molecule has 0 aromatic heterocycles. The van der Waals surface area contributed by atoms with Crippen LogP contribution in [0.1, 0.15) is 80.0 Å². The van der Waals surface area contributed by atoms with Crippen LogP contribution in [0.2, 0.25) is 5.02 Å². The van der Waals surface area contributed by atoms with Crippen molar-refractivity contribution in [1.82, 2.24) is 9.80 Å². The number of hydrogen-bond donors (Lipinski definition) is 2. The fourth-order valence-corrected chi connectivity index (χ4v) is 8.16. The molecule has 2 aliphatic rings. The number of carbonyl (C=O) groups is 1. The molecule has 0 spiro atoms. The third kappa shape index (κ3) is 10.4. The average molecular weight is 788 g/mol. The van der Waals surface area contributed by atoms with Crippen molar-refractivity contribution >= 4 is 98.9 Å². The van der Waals surface area contributed by atoms with Crippen LogP contribution in [0, 0.1) is 16.6 Å². The number of ketones is 1. The molecular weight excluding hydrogens is 748 g/mol. The first kappa shape index (κ1) is 39.1. The van der Waals surface area contributed by atoms with Crippen LogP contribution in [0.3, 0.4) is 0 Å². The molecule has 2 N–H and O–H groups in total. The van der Waals surface area contributed by atoms with Gasteiger partial charge in [0.2, 0.25) is 7.59 Å². The molecule has 0 amide bonds. The smallest absolute Gasteiger partial charge is 0.216 e. The van der Waals surface area contributed by atoms with Crippen molar-refractivity contribution in [1.29, 1.82) is 10.8 Å². The van der Waals surface area contributed by atoms with Crippen LogP contribution in [-0.2, 0) is 24.2 Å². The lowest BCUT2D eigenvalue weighted by Gasteiger charge is -2.42. The summed E-state index contributed by atoms with van der Waals surface area (Å²) in [6.07, 6.45) is 8.35. The lowest BCUT2D eigenvalue weighted by atomic mass is 9.69. The summed E-state index contributed by atoms with van der Waals surface area (Å²) in [6.45, 7) is 4.91. The van der Waals surface area contributed by atoms with E-state index in [0.29, 0.717) is 37.4 Å². The zero-order chi connectivity index (χ0) is 34.4. The highest BCUT2D eigenvalue weighted by Crippen LogP contribution is 2.50. The molecule has 5 nitrogen and oxygen atoms in total. The molecule has 2 aliphatic heterocycles. The lowest BCUT2D eigenvalue weighted by Crippen LogP contribution is -2.47. The Morgan fingerprint density at radius 1 is 0.915 bits per heavy atom. The molecule has 4 rings (SSSR count). The fraction of sp³-hybridized carbons (Fsp3) is 0.559. The standard InChI is InChI=1S/C34H40Cl7FN4O/c35-28-6-4-7-29(42)25(28)21-31(47)30(44)22-32(12-5-14-43,23-8-9-26(33(36,37)38)27(20-23)34(39,40)41)13-19-45-17-10-24(11-18-45)46-15-2-1-3-16-46/h4,6-9,14,20,24,43-44H,1-3,5,10-13,15-19,21-22H2/t32-/m0/s1. The van der Waals surface area contributed by atoms with Crippen molar-refractivity contribution < 1.29 is 9.18 Å². The zero-order valence-electron chi connectivity index (χ0n) is 26.1. The zero-order valence-corrected chi connectivity index (χ0v) is 31.3. The summed E-state index contributed by atoms with van der Waals surface area (Å²) in [7, 11) is 0. The Morgan fingerprint density at radius 2 is 1.57 bits per heavy atom. The fourth-order valence-electron chi connectivity index (χ4n) is 6.97. The molecule has 1 atom stereocenters. The van der Waals surface area contributed by atoms with Gasteiger partial charge in [0.1, 0.15) is 5.82 Å². The molecule has 2 aromatic rings. The molecule has 47 heavy (non-hydrogen) atoms. The van der Waals surface area contributed by atoms with Crippen molar-refractivity contribution in [3.05, 3.63) is 69.5 Å². The maximum absolute atomic E-state index is 14.6. The van der Waals surface area contributed by atoms with E-state index < -0.39 is 24.6 Å². The monoisotopic (exact) mass is 784 g/mol. The second-order valence-corrected chi connectivity index (χ2v) is 17.6. The van der Waals surface area contributed by atoms with Gasteiger partial charge in [0, 0.05) is 46.0 Å². The SMILES string of the molecule is N=CCC[C@](CCN1CCC(N2CCCCC2)CC1)(CC(=N)C(=O)Cc1c(F)cccc1Cl)c1ccc(C(Cl)(Cl)Cl)c(C(Cl)(Cl)Cl)c1. The van der Waals surface area contributed by atoms with Crippen LogP contribution in [0.5, 0.6) is 0 Å². The molecule has 2 fully saturated rings. The molecule has 0 unspecified atom stereocenters. The molecular formula is C34H40Cl7FN4O. The first-order valence-corrected chi connectivity index (χ1v) is 18.6. The quantitative estimate of drug-likeness (QED) is 0.157. The van der Waals surface area contributed by atoms with Crippen molar-refractivity contribution in [2.45, 2.75) is 83.3 Å². The van der Waals surface area contributed by atoms with Gasteiger partial charge in [0.25, 0.3) is 0 Å². The minimum Gasteiger partial charge on any atom is -0.313 e. The summed E-state index contributed by atoms with van der Waals surface area (Å²) in [5.41, 5.74) is 0.118. The third-order valence-corrected chi connectivity index (χ3v) is 11.2. The van der Waals surface area contributed by atoms with Crippen molar-refractivity contribution in [3.63, 3.8) is 0 Å². The second-order valence-electron chi connectivity index (χ2n) is 12.7. The van der Waals surface area contributed by atoms with Gasteiger partial charge in [-0.3, -0.25) is 4.79 Å². The van der Waals surface area contributed by atoms with Gasteiger partial charge in [0.05, 0.1) is 5.71 Å².